The van der Waals surface area contributed by atoms with Crippen molar-refractivity contribution in [2.75, 3.05) is 19.8 Å². The lowest BCUT2D eigenvalue weighted by molar-refractivity contribution is -0.123. The van der Waals surface area contributed by atoms with E-state index in [1.165, 1.54) is 0 Å². The zero-order valence-corrected chi connectivity index (χ0v) is 13.4. The van der Waals surface area contributed by atoms with E-state index in [-0.39, 0.29) is 5.91 Å². The van der Waals surface area contributed by atoms with E-state index in [1.807, 2.05) is 30.5 Å². The Morgan fingerprint density at radius 2 is 2.41 bits per heavy atom. The predicted octanol–water partition coefficient (Wildman–Crippen LogP) is 2.98. The normalized spacial score (nSPS) is 15.7. The minimum atomic E-state index is -0.482. The summed E-state index contributed by atoms with van der Waals surface area (Å²) in [6, 6.07) is 5.86. The van der Waals surface area contributed by atoms with Gasteiger partial charge in [0.15, 0.2) is 5.76 Å². The number of nitrogens with zero attached hydrogens (tertiary/aromatic N) is 1. The van der Waals surface area contributed by atoms with Gasteiger partial charge in [0.25, 0.3) is 0 Å². The summed E-state index contributed by atoms with van der Waals surface area (Å²) in [7, 11) is 0. The topological polar surface area (TPSA) is 64.4 Å². The molecule has 22 heavy (non-hydrogen) atoms. The summed E-state index contributed by atoms with van der Waals surface area (Å²) < 4.78 is 10.7. The van der Waals surface area contributed by atoms with Crippen molar-refractivity contribution in [2.24, 2.45) is 0 Å². The first-order chi connectivity index (χ1) is 10.8. The quantitative estimate of drug-likeness (QED) is 0.760. The van der Waals surface area contributed by atoms with Gasteiger partial charge in [0.1, 0.15) is 0 Å². The molecule has 2 aromatic rings. The average Bonchev–Trinajstić information content (AvgIpc) is 2.96. The Balaban J connectivity index is 1.60. The number of hydrogen-bond acceptors (Lipinski definition) is 5. The van der Waals surface area contributed by atoms with Gasteiger partial charge in [-0.1, -0.05) is 11.2 Å². The van der Waals surface area contributed by atoms with Crippen molar-refractivity contribution in [3.63, 3.8) is 0 Å². The fourth-order valence-corrected chi connectivity index (χ4v) is 3.12. The summed E-state index contributed by atoms with van der Waals surface area (Å²) in [6.07, 6.45) is 2.50. The lowest BCUT2D eigenvalue weighted by Crippen LogP contribution is -2.35. The summed E-state index contributed by atoms with van der Waals surface area (Å²) in [6.45, 7) is 3.99. The molecule has 0 bridgehead atoms. The minimum Gasteiger partial charge on any atom is -0.382 e. The molecule has 2 heterocycles. The molecule has 6 heteroatoms. The minimum absolute atomic E-state index is 0.0510. The molecule has 0 atom stereocenters. The van der Waals surface area contributed by atoms with E-state index in [2.05, 4.69) is 10.5 Å². The van der Waals surface area contributed by atoms with Crippen LogP contribution in [0.15, 0.2) is 28.1 Å². The zero-order chi connectivity index (χ0) is 15.4. The predicted molar refractivity (Wildman–Crippen MR) is 84.8 cm³/mol. The van der Waals surface area contributed by atoms with Gasteiger partial charge >= 0.3 is 0 Å². The summed E-state index contributed by atoms with van der Waals surface area (Å²) in [5, 5.41) is 9.12. The highest BCUT2D eigenvalue weighted by molar-refractivity contribution is 7.13. The zero-order valence-electron chi connectivity index (χ0n) is 12.6. The van der Waals surface area contributed by atoms with Crippen LogP contribution in [-0.4, -0.2) is 30.8 Å². The number of carbonyl (C=O) groups excluding carboxylic acids is 1. The van der Waals surface area contributed by atoms with Crippen LogP contribution in [0.25, 0.3) is 10.6 Å². The Morgan fingerprint density at radius 1 is 1.55 bits per heavy atom. The van der Waals surface area contributed by atoms with Crippen LogP contribution in [0.5, 0.6) is 0 Å². The Bertz CT molecular complexity index is 617. The molecule has 118 valence electrons. The van der Waals surface area contributed by atoms with Gasteiger partial charge in [-0.15, -0.1) is 11.3 Å². The lowest BCUT2D eigenvalue weighted by Gasteiger charge is -2.12. The highest BCUT2D eigenvalue weighted by Crippen LogP contribution is 2.48. The Labute approximate surface area is 133 Å². The van der Waals surface area contributed by atoms with E-state index in [4.69, 9.17) is 9.26 Å². The van der Waals surface area contributed by atoms with Crippen molar-refractivity contribution in [3.05, 3.63) is 29.3 Å². The molecular weight excluding hydrogens is 300 g/mol. The van der Waals surface area contributed by atoms with Crippen molar-refractivity contribution < 1.29 is 14.1 Å². The summed E-state index contributed by atoms with van der Waals surface area (Å²) in [4.78, 5) is 13.5. The van der Waals surface area contributed by atoms with E-state index in [0.29, 0.717) is 19.8 Å². The average molecular weight is 320 g/mol. The number of hydrogen-bond donors (Lipinski definition) is 1. The maximum absolute atomic E-state index is 12.4. The Morgan fingerprint density at radius 3 is 3.09 bits per heavy atom. The van der Waals surface area contributed by atoms with Crippen molar-refractivity contribution in [1.82, 2.24) is 10.5 Å². The van der Waals surface area contributed by atoms with E-state index in [1.54, 1.807) is 11.3 Å². The molecule has 5 nitrogen and oxygen atoms in total. The van der Waals surface area contributed by atoms with Crippen LogP contribution < -0.4 is 5.32 Å². The van der Waals surface area contributed by atoms with Gasteiger partial charge in [-0.05, 0) is 37.6 Å². The number of rotatable bonds is 8. The maximum atomic E-state index is 12.4. The molecule has 1 amide bonds. The number of aromatic nitrogens is 1. The first kappa shape index (κ1) is 15.2. The molecule has 1 aliphatic carbocycles. The van der Waals surface area contributed by atoms with Crippen molar-refractivity contribution in [1.29, 1.82) is 0 Å². The second-order valence-electron chi connectivity index (χ2n) is 5.44. The molecule has 1 fully saturated rings. The first-order valence-corrected chi connectivity index (χ1v) is 8.51. The van der Waals surface area contributed by atoms with Gasteiger partial charge < -0.3 is 14.6 Å². The fourth-order valence-electron chi connectivity index (χ4n) is 2.45. The Hall–Kier alpha value is -1.66. The molecule has 1 N–H and O–H groups in total. The van der Waals surface area contributed by atoms with Crippen LogP contribution in [0.2, 0.25) is 0 Å². The van der Waals surface area contributed by atoms with Crippen LogP contribution in [0.3, 0.4) is 0 Å². The van der Waals surface area contributed by atoms with Gasteiger partial charge in [-0.25, -0.2) is 0 Å². The molecule has 3 rings (SSSR count). The lowest BCUT2D eigenvalue weighted by atomic mass is 10.0. The third-order valence-electron chi connectivity index (χ3n) is 3.90. The second kappa shape index (κ2) is 6.62. The smallest absolute Gasteiger partial charge is 0.232 e. The summed E-state index contributed by atoms with van der Waals surface area (Å²) in [5.74, 6) is 0.787. The van der Waals surface area contributed by atoms with Gasteiger partial charge in [0.05, 0.1) is 16.0 Å². The Kier molecular flexibility index (Phi) is 4.59. The number of carbonyl (C=O) groups is 1. The van der Waals surface area contributed by atoms with E-state index < -0.39 is 5.41 Å². The molecule has 1 saturated carbocycles. The standard InChI is InChI=1S/C16H20N2O3S/c1-2-20-9-4-8-17-15(19)16(6-7-16)14-11-12(21-18-14)13-5-3-10-22-13/h3,5,10-11H,2,4,6-9H2,1H3,(H,17,19). The molecule has 0 spiro atoms. The summed E-state index contributed by atoms with van der Waals surface area (Å²) >= 11 is 1.60. The molecule has 0 radical (unpaired) electrons. The van der Waals surface area contributed by atoms with Gasteiger partial charge in [0, 0.05) is 25.8 Å². The molecule has 1 aliphatic rings. The maximum Gasteiger partial charge on any atom is 0.232 e. The third kappa shape index (κ3) is 3.08. The van der Waals surface area contributed by atoms with Gasteiger partial charge in [-0.3, -0.25) is 4.79 Å². The number of ether oxygens (including phenoxy) is 1. The van der Waals surface area contributed by atoms with Crippen molar-refractivity contribution >= 4 is 17.2 Å². The van der Waals surface area contributed by atoms with Crippen molar-refractivity contribution in [2.45, 2.75) is 31.6 Å². The number of thiophene rings is 1. The van der Waals surface area contributed by atoms with Gasteiger partial charge in [0.2, 0.25) is 5.91 Å². The summed E-state index contributed by atoms with van der Waals surface area (Å²) in [5.41, 5.74) is 0.267. The first-order valence-electron chi connectivity index (χ1n) is 7.63. The van der Waals surface area contributed by atoms with Crippen LogP contribution in [0.1, 0.15) is 31.9 Å². The van der Waals surface area contributed by atoms with E-state index >= 15 is 0 Å². The molecule has 2 aromatic heterocycles. The van der Waals surface area contributed by atoms with E-state index in [0.717, 1.165) is 35.6 Å². The molecule has 0 aliphatic heterocycles. The van der Waals surface area contributed by atoms with Gasteiger partial charge in [-0.2, -0.15) is 0 Å². The number of amides is 1. The fraction of sp³-hybridized carbons (Fsp3) is 0.500. The largest absolute Gasteiger partial charge is 0.382 e. The number of nitrogens with one attached hydrogen (secondary N) is 1. The molecule has 0 saturated heterocycles. The van der Waals surface area contributed by atoms with Crippen LogP contribution in [0, 0.1) is 0 Å². The SMILES string of the molecule is CCOCCCNC(=O)C1(c2cc(-c3cccs3)on2)CC1. The second-order valence-corrected chi connectivity index (χ2v) is 6.39. The molecule has 0 unspecified atom stereocenters. The van der Waals surface area contributed by atoms with E-state index in [9.17, 15) is 4.79 Å². The van der Waals surface area contributed by atoms with Crippen LogP contribution in [0.4, 0.5) is 0 Å². The van der Waals surface area contributed by atoms with Crippen LogP contribution >= 0.6 is 11.3 Å². The molecular formula is C16H20N2O3S. The van der Waals surface area contributed by atoms with Crippen LogP contribution in [-0.2, 0) is 14.9 Å². The van der Waals surface area contributed by atoms with Crippen molar-refractivity contribution in [3.8, 4) is 10.6 Å². The highest BCUT2D eigenvalue weighted by Gasteiger charge is 2.53. The molecule has 0 aromatic carbocycles. The highest BCUT2D eigenvalue weighted by atomic mass is 32.1. The monoisotopic (exact) mass is 320 g/mol. The third-order valence-corrected chi connectivity index (χ3v) is 4.79.